The van der Waals surface area contributed by atoms with Gasteiger partial charge in [-0.1, -0.05) is 25.5 Å². The van der Waals surface area contributed by atoms with E-state index in [-0.39, 0.29) is 0 Å². The van der Waals surface area contributed by atoms with Crippen LogP contribution in [0.1, 0.15) is 39.2 Å². The lowest BCUT2D eigenvalue weighted by molar-refractivity contribution is 0.555. The van der Waals surface area contributed by atoms with Gasteiger partial charge in [-0.15, -0.1) is 0 Å². The van der Waals surface area contributed by atoms with Gasteiger partial charge in [0.15, 0.2) is 0 Å². The van der Waals surface area contributed by atoms with Crippen molar-refractivity contribution >= 4 is 5.69 Å². The van der Waals surface area contributed by atoms with Gasteiger partial charge in [0.2, 0.25) is 0 Å². The van der Waals surface area contributed by atoms with Gasteiger partial charge in [-0.05, 0) is 51.4 Å². The summed E-state index contributed by atoms with van der Waals surface area (Å²) in [6.45, 7) is 12.2. The fraction of sp³-hybridized carbons (Fsp3) is 0.625. The molecule has 0 aliphatic carbocycles. The highest BCUT2D eigenvalue weighted by atomic mass is 15.2. The number of rotatable bonds is 8. The summed E-state index contributed by atoms with van der Waals surface area (Å²) in [6, 6.07) is 9.31. The fourth-order valence-electron chi connectivity index (χ4n) is 2.28. The van der Waals surface area contributed by atoms with E-state index in [1.165, 1.54) is 24.1 Å². The molecule has 0 aliphatic heterocycles. The smallest absolute Gasteiger partial charge is 0.0386 e. The number of hydrogen-bond acceptors (Lipinski definition) is 2. The largest absolute Gasteiger partial charge is 0.368 e. The minimum absolute atomic E-state index is 0.536. The second-order valence-electron chi connectivity index (χ2n) is 5.03. The topological polar surface area (TPSA) is 15.3 Å². The quantitative estimate of drug-likeness (QED) is 0.707. The molecule has 0 bridgehead atoms. The first-order valence-corrected chi connectivity index (χ1v) is 7.23. The Morgan fingerprint density at radius 3 is 2.67 bits per heavy atom. The summed E-state index contributed by atoms with van der Waals surface area (Å²) in [4.78, 5) is 2.46. The molecule has 0 aromatic heterocycles. The molecule has 1 N–H and O–H groups in total. The molecule has 0 saturated carbocycles. The van der Waals surface area contributed by atoms with E-state index in [2.05, 4.69) is 62.2 Å². The van der Waals surface area contributed by atoms with E-state index in [4.69, 9.17) is 0 Å². The molecule has 0 amide bonds. The molecule has 1 aromatic rings. The minimum atomic E-state index is 0.536. The Morgan fingerprint density at radius 2 is 2.06 bits per heavy atom. The second-order valence-corrected chi connectivity index (χ2v) is 5.03. The molecule has 2 heteroatoms. The molecule has 1 unspecified atom stereocenters. The Labute approximate surface area is 112 Å². The standard InChI is InChI=1S/C16H28N2/c1-5-7-11-17-13-15(4)18(6-2)16-10-8-9-14(3)12-16/h8-10,12,15,17H,5-7,11,13H2,1-4H3. The van der Waals surface area contributed by atoms with Crippen LogP contribution in [0.4, 0.5) is 5.69 Å². The average Bonchev–Trinajstić information content (AvgIpc) is 2.36. The van der Waals surface area contributed by atoms with Gasteiger partial charge in [-0.25, -0.2) is 0 Å². The highest BCUT2D eigenvalue weighted by Crippen LogP contribution is 2.17. The Morgan fingerprint density at radius 1 is 1.28 bits per heavy atom. The van der Waals surface area contributed by atoms with Gasteiger partial charge in [0.25, 0.3) is 0 Å². The summed E-state index contributed by atoms with van der Waals surface area (Å²) in [5.41, 5.74) is 2.67. The van der Waals surface area contributed by atoms with E-state index in [1.807, 2.05) is 0 Å². The van der Waals surface area contributed by atoms with Gasteiger partial charge < -0.3 is 10.2 Å². The zero-order chi connectivity index (χ0) is 13.4. The maximum atomic E-state index is 3.54. The van der Waals surface area contributed by atoms with E-state index < -0.39 is 0 Å². The zero-order valence-corrected chi connectivity index (χ0v) is 12.4. The van der Waals surface area contributed by atoms with Crippen LogP contribution < -0.4 is 10.2 Å². The first-order valence-electron chi connectivity index (χ1n) is 7.23. The van der Waals surface area contributed by atoms with Crippen LogP contribution >= 0.6 is 0 Å². The van der Waals surface area contributed by atoms with Crippen LogP contribution in [-0.4, -0.2) is 25.7 Å². The van der Waals surface area contributed by atoms with E-state index in [0.29, 0.717) is 6.04 Å². The maximum absolute atomic E-state index is 3.54. The molecular formula is C16H28N2. The van der Waals surface area contributed by atoms with Crippen LogP contribution in [-0.2, 0) is 0 Å². The van der Waals surface area contributed by atoms with Gasteiger partial charge in [0.05, 0.1) is 0 Å². The Kier molecular flexibility index (Phi) is 6.81. The molecular weight excluding hydrogens is 220 g/mol. The molecule has 0 aliphatic rings. The van der Waals surface area contributed by atoms with Crippen molar-refractivity contribution in [3.63, 3.8) is 0 Å². The molecule has 1 rings (SSSR count). The molecule has 102 valence electrons. The molecule has 2 nitrogen and oxygen atoms in total. The number of benzene rings is 1. The number of unbranched alkanes of at least 4 members (excludes halogenated alkanes) is 1. The molecule has 1 aromatic carbocycles. The predicted molar refractivity (Wildman–Crippen MR) is 81.4 cm³/mol. The maximum Gasteiger partial charge on any atom is 0.0386 e. The third kappa shape index (κ3) is 4.69. The molecule has 1 atom stereocenters. The highest BCUT2D eigenvalue weighted by molar-refractivity contribution is 5.49. The highest BCUT2D eigenvalue weighted by Gasteiger charge is 2.12. The van der Waals surface area contributed by atoms with Crippen LogP contribution in [0.15, 0.2) is 24.3 Å². The summed E-state index contributed by atoms with van der Waals surface area (Å²) < 4.78 is 0. The lowest BCUT2D eigenvalue weighted by atomic mass is 10.1. The molecule has 0 saturated heterocycles. The first-order chi connectivity index (χ1) is 8.69. The number of nitrogens with zero attached hydrogens (tertiary/aromatic N) is 1. The Hall–Kier alpha value is -1.02. The number of aryl methyl sites for hydroxylation is 1. The molecule has 18 heavy (non-hydrogen) atoms. The summed E-state index contributed by atoms with van der Waals surface area (Å²) >= 11 is 0. The second kappa shape index (κ2) is 8.15. The van der Waals surface area contributed by atoms with Crippen LogP contribution in [0.5, 0.6) is 0 Å². The third-order valence-electron chi connectivity index (χ3n) is 3.35. The van der Waals surface area contributed by atoms with Crippen molar-refractivity contribution in [3.05, 3.63) is 29.8 Å². The molecule has 0 fully saturated rings. The lowest BCUT2D eigenvalue weighted by Gasteiger charge is -2.30. The number of likely N-dealkylation sites (N-methyl/N-ethyl adjacent to an activating group) is 1. The van der Waals surface area contributed by atoms with Gasteiger partial charge in [0, 0.05) is 24.8 Å². The van der Waals surface area contributed by atoms with Crippen LogP contribution in [0, 0.1) is 6.92 Å². The SMILES string of the molecule is CCCCNCC(C)N(CC)c1cccc(C)c1. The number of nitrogens with one attached hydrogen (secondary N) is 1. The van der Waals surface area contributed by atoms with E-state index >= 15 is 0 Å². The minimum Gasteiger partial charge on any atom is -0.368 e. The van der Waals surface area contributed by atoms with E-state index in [0.717, 1.165) is 19.6 Å². The van der Waals surface area contributed by atoms with Crippen molar-refractivity contribution in [1.82, 2.24) is 5.32 Å². The van der Waals surface area contributed by atoms with Crippen molar-refractivity contribution in [3.8, 4) is 0 Å². The summed E-state index contributed by atoms with van der Waals surface area (Å²) in [5.74, 6) is 0. The van der Waals surface area contributed by atoms with Crippen molar-refractivity contribution in [2.24, 2.45) is 0 Å². The van der Waals surface area contributed by atoms with Crippen molar-refractivity contribution in [1.29, 1.82) is 0 Å². The summed E-state index contributed by atoms with van der Waals surface area (Å²) in [7, 11) is 0. The number of anilines is 1. The Balaban J connectivity index is 2.54. The Bertz CT molecular complexity index is 336. The van der Waals surface area contributed by atoms with Gasteiger partial charge >= 0.3 is 0 Å². The predicted octanol–water partition coefficient (Wildman–Crippen LogP) is 3.60. The average molecular weight is 248 g/mol. The number of hydrogen-bond donors (Lipinski definition) is 1. The van der Waals surface area contributed by atoms with Crippen molar-refractivity contribution in [2.45, 2.75) is 46.6 Å². The van der Waals surface area contributed by atoms with Crippen LogP contribution in [0.2, 0.25) is 0 Å². The van der Waals surface area contributed by atoms with Crippen molar-refractivity contribution in [2.75, 3.05) is 24.5 Å². The van der Waals surface area contributed by atoms with Crippen LogP contribution in [0.3, 0.4) is 0 Å². The van der Waals surface area contributed by atoms with E-state index in [9.17, 15) is 0 Å². The first kappa shape index (κ1) is 15.0. The summed E-state index contributed by atoms with van der Waals surface area (Å²) in [5, 5.41) is 3.54. The third-order valence-corrected chi connectivity index (χ3v) is 3.35. The van der Waals surface area contributed by atoms with Gasteiger partial charge in [-0.3, -0.25) is 0 Å². The molecule has 0 heterocycles. The normalized spacial score (nSPS) is 12.4. The van der Waals surface area contributed by atoms with E-state index in [1.54, 1.807) is 0 Å². The van der Waals surface area contributed by atoms with Crippen molar-refractivity contribution < 1.29 is 0 Å². The lowest BCUT2D eigenvalue weighted by Crippen LogP contribution is -2.40. The summed E-state index contributed by atoms with van der Waals surface area (Å²) in [6.07, 6.45) is 2.53. The monoisotopic (exact) mass is 248 g/mol. The zero-order valence-electron chi connectivity index (χ0n) is 12.4. The van der Waals surface area contributed by atoms with Gasteiger partial charge in [-0.2, -0.15) is 0 Å². The van der Waals surface area contributed by atoms with Crippen LogP contribution in [0.25, 0.3) is 0 Å². The molecule has 0 radical (unpaired) electrons. The van der Waals surface area contributed by atoms with Gasteiger partial charge in [0.1, 0.15) is 0 Å². The fourth-order valence-corrected chi connectivity index (χ4v) is 2.28. The molecule has 0 spiro atoms.